The van der Waals surface area contributed by atoms with Crippen LogP contribution in [0.3, 0.4) is 0 Å². The van der Waals surface area contributed by atoms with E-state index >= 15 is 0 Å². The maximum atomic E-state index is 12.6. The summed E-state index contributed by atoms with van der Waals surface area (Å²) < 4.78 is 0. The van der Waals surface area contributed by atoms with E-state index in [1.54, 1.807) is 6.92 Å². The lowest BCUT2D eigenvalue weighted by molar-refractivity contribution is -0.267. The number of hydrogen-bond acceptors (Lipinski definition) is 7. The summed E-state index contributed by atoms with van der Waals surface area (Å²) in [5, 5.41) is 8.53. The van der Waals surface area contributed by atoms with E-state index in [2.05, 4.69) is 9.78 Å². The summed E-state index contributed by atoms with van der Waals surface area (Å²) in [4.78, 5) is 56.7. The summed E-state index contributed by atoms with van der Waals surface area (Å²) in [6.07, 6.45) is 2.35. The Bertz CT molecular complexity index is 494. The van der Waals surface area contributed by atoms with Crippen LogP contribution in [-0.2, 0) is 29.0 Å². The Hall–Kier alpha value is -2.16. The van der Waals surface area contributed by atoms with Gasteiger partial charge in [-0.15, -0.1) is 0 Å². The molecule has 1 aliphatic carbocycles. The summed E-state index contributed by atoms with van der Waals surface area (Å²) in [6.45, 7) is 2.35. The molecule has 2 unspecified atom stereocenters. The number of nitrogens with one attached hydrogen (secondary N) is 1. The summed E-state index contributed by atoms with van der Waals surface area (Å²) in [5.74, 6) is -3.39. The van der Waals surface area contributed by atoms with Gasteiger partial charge in [0.15, 0.2) is 0 Å². The molecule has 1 aliphatic rings. The maximum absolute atomic E-state index is 12.6. The van der Waals surface area contributed by atoms with Gasteiger partial charge in [-0.1, -0.05) is 12.8 Å². The van der Waals surface area contributed by atoms with Crippen LogP contribution in [0.1, 0.15) is 39.5 Å². The minimum Gasteiger partial charge on any atom is -0.336 e. The Kier molecular flexibility index (Phi) is 6.49. The van der Waals surface area contributed by atoms with Gasteiger partial charge in [-0.05, 0) is 19.8 Å². The van der Waals surface area contributed by atoms with E-state index in [4.69, 9.17) is 5.21 Å². The van der Waals surface area contributed by atoms with E-state index in [0.29, 0.717) is 12.8 Å². The molecule has 9 nitrogen and oxygen atoms in total. The topological polar surface area (TPSA) is 122 Å². The zero-order valence-corrected chi connectivity index (χ0v) is 13.5. The number of likely N-dealkylation sites (N-methyl/N-ethyl adjacent to an activating group) is 1. The molecule has 23 heavy (non-hydrogen) atoms. The van der Waals surface area contributed by atoms with Gasteiger partial charge < -0.3 is 4.90 Å². The van der Waals surface area contributed by atoms with Crippen LogP contribution in [0.5, 0.6) is 0 Å². The van der Waals surface area contributed by atoms with Crippen molar-refractivity contribution in [3.05, 3.63) is 0 Å². The Morgan fingerprint density at radius 2 is 1.91 bits per heavy atom. The van der Waals surface area contributed by atoms with Crippen LogP contribution in [0.2, 0.25) is 0 Å². The zero-order valence-electron chi connectivity index (χ0n) is 13.5. The molecule has 2 N–H and O–H groups in total. The van der Waals surface area contributed by atoms with Crippen molar-refractivity contribution in [1.82, 2.24) is 10.4 Å². The van der Waals surface area contributed by atoms with Crippen LogP contribution >= 0.6 is 0 Å². The number of hydroxylamine groups is 1. The maximum Gasteiger partial charge on any atom is 0.362 e. The molecule has 1 rings (SSSR count). The van der Waals surface area contributed by atoms with Crippen molar-refractivity contribution in [3.63, 3.8) is 0 Å². The first-order chi connectivity index (χ1) is 10.7. The Morgan fingerprint density at radius 1 is 1.26 bits per heavy atom. The molecule has 2 amide bonds. The minimum atomic E-state index is -1.14. The first-order valence-electron chi connectivity index (χ1n) is 7.29. The van der Waals surface area contributed by atoms with E-state index < -0.39 is 35.1 Å². The molecule has 1 saturated carbocycles. The SMILES string of the molecule is CC(=O)OOC(=O)C1(C)CCCCC1C(=O)N(C)CC(=O)NO. The molecule has 0 aliphatic heterocycles. The molecule has 1 fully saturated rings. The van der Waals surface area contributed by atoms with E-state index in [1.165, 1.54) is 12.5 Å². The number of carbonyl (C=O) groups excluding carboxylic acids is 4. The van der Waals surface area contributed by atoms with Crippen molar-refractivity contribution in [3.8, 4) is 0 Å². The van der Waals surface area contributed by atoms with Crippen LogP contribution in [0.25, 0.3) is 0 Å². The number of amides is 2. The highest BCUT2D eigenvalue weighted by atomic mass is 17.2. The fourth-order valence-electron chi connectivity index (χ4n) is 2.76. The number of nitrogens with zero attached hydrogens (tertiary/aromatic N) is 1. The average Bonchev–Trinajstić information content (AvgIpc) is 2.51. The van der Waals surface area contributed by atoms with Crippen LogP contribution in [0.4, 0.5) is 0 Å². The van der Waals surface area contributed by atoms with Gasteiger partial charge in [-0.3, -0.25) is 14.8 Å². The third kappa shape index (κ3) is 4.65. The molecule has 0 bridgehead atoms. The van der Waals surface area contributed by atoms with Gasteiger partial charge >= 0.3 is 11.9 Å². The lowest BCUT2D eigenvalue weighted by atomic mass is 9.67. The lowest BCUT2D eigenvalue weighted by Crippen LogP contribution is -2.49. The van der Waals surface area contributed by atoms with Gasteiger partial charge in [0.25, 0.3) is 5.91 Å². The molecule has 0 aromatic heterocycles. The highest BCUT2D eigenvalue weighted by Gasteiger charge is 2.49. The fourth-order valence-corrected chi connectivity index (χ4v) is 2.76. The molecule has 0 spiro atoms. The number of hydrogen-bond donors (Lipinski definition) is 2. The van der Waals surface area contributed by atoms with Crippen LogP contribution in [0.15, 0.2) is 0 Å². The second-order valence-electron chi connectivity index (χ2n) is 5.89. The van der Waals surface area contributed by atoms with E-state index in [1.807, 2.05) is 0 Å². The second-order valence-corrected chi connectivity index (χ2v) is 5.89. The van der Waals surface area contributed by atoms with Crippen molar-refractivity contribution in [2.24, 2.45) is 11.3 Å². The van der Waals surface area contributed by atoms with Crippen molar-refractivity contribution in [2.45, 2.75) is 39.5 Å². The molecule has 0 aromatic carbocycles. The predicted molar refractivity (Wildman–Crippen MR) is 75.5 cm³/mol. The second kappa shape index (κ2) is 7.91. The summed E-state index contributed by atoms with van der Waals surface area (Å²) in [6, 6.07) is 0. The molecule has 9 heteroatoms. The van der Waals surface area contributed by atoms with E-state index in [-0.39, 0.29) is 6.54 Å². The van der Waals surface area contributed by atoms with Gasteiger partial charge in [0.2, 0.25) is 5.91 Å². The molecule has 0 saturated heterocycles. The van der Waals surface area contributed by atoms with Crippen molar-refractivity contribution < 1.29 is 34.2 Å². The van der Waals surface area contributed by atoms with E-state index in [0.717, 1.165) is 24.7 Å². The van der Waals surface area contributed by atoms with Crippen molar-refractivity contribution in [1.29, 1.82) is 0 Å². The smallest absolute Gasteiger partial charge is 0.336 e. The third-order valence-corrected chi connectivity index (χ3v) is 4.09. The lowest BCUT2D eigenvalue weighted by Gasteiger charge is -2.38. The van der Waals surface area contributed by atoms with Crippen molar-refractivity contribution in [2.75, 3.05) is 13.6 Å². The molecule has 0 heterocycles. The minimum absolute atomic E-state index is 0.332. The predicted octanol–water partition coefficient (Wildman–Crippen LogP) is 0.168. The summed E-state index contributed by atoms with van der Waals surface area (Å²) in [7, 11) is 1.41. The van der Waals surface area contributed by atoms with Gasteiger partial charge in [-0.2, -0.15) is 0 Å². The van der Waals surface area contributed by atoms with Gasteiger partial charge in [0, 0.05) is 14.0 Å². The van der Waals surface area contributed by atoms with Crippen LogP contribution in [-0.4, -0.2) is 47.5 Å². The first kappa shape index (κ1) is 18.9. The van der Waals surface area contributed by atoms with Gasteiger partial charge in [0.1, 0.15) is 6.54 Å². The third-order valence-electron chi connectivity index (χ3n) is 4.09. The molecule has 0 aromatic rings. The van der Waals surface area contributed by atoms with Crippen LogP contribution < -0.4 is 5.48 Å². The fraction of sp³-hybridized carbons (Fsp3) is 0.714. The monoisotopic (exact) mass is 330 g/mol. The molecule has 0 radical (unpaired) electrons. The molecular formula is C14H22N2O7. The largest absolute Gasteiger partial charge is 0.362 e. The summed E-state index contributed by atoms with van der Waals surface area (Å²) in [5.41, 5.74) is 0.304. The summed E-state index contributed by atoms with van der Waals surface area (Å²) >= 11 is 0. The zero-order chi connectivity index (χ0) is 17.6. The van der Waals surface area contributed by atoms with E-state index in [9.17, 15) is 19.2 Å². The number of rotatable bonds is 4. The van der Waals surface area contributed by atoms with Gasteiger partial charge in [0.05, 0.1) is 11.3 Å². The average molecular weight is 330 g/mol. The Balaban J connectivity index is 2.87. The number of carbonyl (C=O) groups is 4. The highest BCUT2D eigenvalue weighted by Crippen LogP contribution is 2.43. The Labute approximate surface area is 133 Å². The normalized spacial score (nSPS) is 23.6. The highest BCUT2D eigenvalue weighted by molar-refractivity contribution is 5.90. The Morgan fingerprint density at radius 3 is 2.48 bits per heavy atom. The standard InChI is InChI=1S/C14H22N2O7/c1-9(17)22-23-13(20)14(2)7-5-4-6-10(14)12(19)16(3)8-11(18)15-21/h10,21H,4-8H2,1-3H3,(H,15,18). The van der Waals surface area contributed by atoms with Crippen LogP contribution in [0, 0.1) is 11.3 Å². The quantitative estimate of drug-likeness (QED) is 0.428. The first-order valence-corrected chi connectivity index (χ1v) is 7.29. The molecular weight excluding hydrogens is 308 g/mol. The van der Waals surface area contributed by atoms with Gasteiger partial charge in [-0.25, -0.2) is 24.8 Å². The van der Waals surface area contributed by atoms with Crippen molar-refractivity contribution >= 4 is 23.8 Å². The molecule has 2 atom stereocenters. The molecule has 130 valence electrons.